The summed E-state index contributed by atoms with van der Waals surface area (Å²) < 4.78 is 54.6. The van der Waals surface area contributed by atoms with E-state index < -0.39 is 33.1 Å². The van der Waals surface area contributed by atoms with Gasteiger partial charge in [0.1, 0.15) is 0 Å². The lowest BCUT2D eigenvalue weighted by molar-refractivity contribution is 0.0696. The van der Waals surface area contributed by atoms with Crippen molar-refractivity contribution in [3.63, 3.8) is 0 Å². The summed E-state index contributed by atoms with van der Waals surface area (Å²) in [6, 6.07) is 15.1. The van der Waals surface area contributed by atoms with Crippen molar-refractivity contribution in [2.45, 2.75) is 9.79 Å². The first kappa shape index (κ1) is 23.3. The van der Waals surface area contributed by atoms with Gasteiger partial charge in [0.05, 0.1) is 15.4 Å². The summed E-state index contributed by atoms with van der Waals surface area (Å²) in [5.74, 6) is -1.19. The van der Waals surface area contributed by atoms with Crippen LogP contribution < -0.4 is 14.9 Å². The number of anilines is 2. The van der Waals surface area contributed by atoms with Gasteiger partial charge in [0.25, 0.3) is 20.0 Å². The average Bonchev–Trinajstić information content (AvgIpc) is 2.74. The van der Waals surface area contributed by atoms with Gasteiger partial charge in [-0.3, -0.25) is 9.44 Å². The van der Waals surface area contributed by atoms with Crippen molar-refractivity contribution in [2.75, 3.05) is 9.44 Å². The first-order valence-corrected chi connectivity index (χ1v) is 11.9. The van der Waals surface area contributed by atoms with E-state index >= 15 is 0 Å². The van der Waals surface area contributed by atoms with Crippen LogP contribution in [0.4, 0.5) is 11.4 Å². The third-order valence-corrected chi connectivity index (χ3v) is 7.06. The molecule has 5 N–H and O–H groups in total. The molecule has 0 saturated carbocycles. The highest BCUT2D eigenvalue weighted by Gasteiger charge is 2.18. The molecule has 3 rings (SSSR count). The van der Waals surface area contributed by atoms with Gasteiger partial charge in [0.2, 0.25) is 0 Å². The van der Waals surface area contributed by atoms with Crippen LogP contribution in [0, 0.1) is 0 Å². The molecule has 0 radical (unpaired) electrons. The van der Waals surface area contributed by atoms with E-state index in [4.69, 9.17) is 5.11 Å². The van der Waals surface area contributed by atoms with Crippen LogP contribution in [-0.4, -0.2) is 45.1 Å². The van der Waals surface area contributed by atoms with Crippen molar-refractivity contribution in [1.82, 2.24) is 0 Å². The van der Waals surface area contributed by atoms with Crippen LogP contribution in [0.25, 0.3) is 0 Å². The molecule has 0 aliphatic rings. The topological polar surface area (TPSA) is 170 Å². The predicted octanol–water partition coefficient (Wildman–Crippen LogP) is 0.666. The zero-order valence-electron chi connectivity index (χ0n) is 16.2. The number of carboxylic acids is 1. The van der Waals surface area contributed by atoms with Crippen LogP contribution in [0.15, 0.2) is 82.6 Å². The van der Waals surface area contributed by atoms with Crippen molar-refractivity contribution >= 4 is 50.0 Å². The van der Waals surface area contributed by atoms with Gasteiger partial charge in [-0.1, -0.05) is 12.1 Å². The number of carbonyl (C=O) groups is 1. The lowest BCUT2D eigenvalue weighted by Crippen LogP contribution is -2.30. The minimum atomic E-state index is -4.03. The number of hydrogen-bond acceptors (Lipinski definition) is 7. The van der Waals surface area contributed by atoms with Crippen LogP contribution in [0.3, 0.4) is 0 Å². The first-order chi connectivity index (χ1) is 15.0. The molecule has 0 unspecified atom stereocenters. The van der Waals surface area contributed by atoms with Gasteiger partial charge in [0, 0.05) is 11.4 Å². The Balaban J connectivity index is 1.76. The molecule has 0 atom stereocenters. The zero-order chi connectivity index (χ0) is 23.5. The predicted molar refractivity (Wildman–Crippen MR) is 118 cm³/mol. The molecule has 166 valence electrons. The van der Waals surface area contributed by atoms with E-state index in [0.29, 0.717) is 0 Å². The molecule has 3 aromatic carbocycles. The molecule has 3 aromatic rings. The van der Waals surface area contributed by atoms with Crippen LogP contribution in [0.1, 0.15) is 10.4 Å². The fraction of sp³-hybridized carbons (Fsp3) is 0. The van der Waals surface area contributed by atoms with Crippen molar-refractivity contribution in [3.05, 3.63) is 78.4 Å². The molecule has 0 aromatic heterocycles. The fourth-order valence-electron chi connectivity index (χ4n) is 2.67. The van der Waals surface area contributed by atoms with Gasteiger partial charge in [-0.05, 0) is 66.1 Å². The molecule has 10 nitrogen and oxygen atoms in total. The number of benzene rings is 3. The van der Waals surface area contributed by atoms with Gasteiger partial charge in [-0.15, -0.1) is 0 Å². The Morgan fingerprint density at radius 2 is 1.22 bits per heavy atom. The maximum absolute atomic E-state index is 12.6. The smallest absolute Gasteiger partial charge is 0.478 e. The van der Waals surface area contributed by atoms with Crippen LogP contribution in [-0.2, 0) is 20.0 Å². The van der Waals surface area contributed by atoms with Crippen molar-refractivity contribution in [2.24, 2.45) is 0 Å². The number of nitrogens with one attached hydrogen (secondary N) is 2. The van der Waals surface area contributed by atoms with E-state index in [1.54, 1.807) is 0 Å². The summed E-state index contributed by atoms with van der Waals surface area (Å²) >= 11 is 0. The molecular formula is C19H17BN2O8S2. The number of hydrogen-bond donors (Lipinski definition) is 5. The van der Waals surface area contributed by atoms with E-state index in [1.807, 2.05) is 0 Å². The average molecular weight is 476 g/mol. The zero-order valence-corrected chi connectivity index (χ0v) is 17.8. The molecule has 32 heavy (non-hydrogen) atoms. The van der Waals surface area contributed by atoms with Crippen molar-refractivity contribution in [1.29, 1.82) is 0 Å². The molecule has 13 heteroatoms. The Kier molecular flexibility index (Phi) is 6.55. The number of aromatic carboxylic acids is 1. The normalized spacial score (nSPS) is 11.6. The summed E-state index contributed by atoms with van der Waals surface area (Å²) in [5, 5.41) is 27.3. The molecule has 0 fully saturated rings. The molecule has 0 aliphatic carbocycles. The molecule has 0 aliphatic heterocycles. The van der Waals surface area contributed by atoms with Gasteiger partial charge < -0.3 is 15.2 Å². The minimum absolute atomic E-state index is 0.0648. The third kappa shape index (κ3) is 5.45. The van der Waals surface area contributed by atoms with Crippen molar-refractivity contribution < 1.29 is 36.8 Å². The van der Waals surface area contributed by atoms with Gasteiger partial charge in [-0.25, -0.2) is 21.6 Å². The van der Waals surface area contributed by atoms with Crippen LogP contribution in [0.5, 0.6) is 0 Å². The second kappa shape index (κ2) is 9.00. The first-order valence-electron chi connectivity index (χ1n) is 8.93. The van der Waals surface area contributed by atoms with E-state index in [9.17, 15) is 31.7 Å². The highest BCUT2D eigenvalue weighted by atomic mass is 32.2. The summed E-state index contributed by atoms with van der Waals surface area (Å²) in [4.78, 5) is 10.6. The molecule has 0 spiro atoms. The van der Waals surface area contributed by atoms with Gasteiger partial charge >= 0.3 is 13.1 Å². The fourth-order valence-corrected chi connectivity index (χ4v) is 4.78. The quantitative estimate of drug-likeness (QED) is 0.295. The molecule has 0 bridgehead atoms. The van der Waals surface area contributed by atoms with Gasteiger partial charge in [-0.2, -0.15) is 0 Å². The lowest BCUT2D eigenvalue weighted by atomic mass is 9.80. The van der Waals surface area contributed by atoms with Crippen LogP contribution in [0.2, 0.25) is 0 Å². The van der Waals surface area contributed by atoms with Crippen molar-refractivity contribution in [3.8, 4) is 0 Å². The summed E-state index contributed by atoms with van der Waals surface area (Å²) in [7, 11) is -9.81. The lowest BCUT2D eigenvalue weighted by Gasteiger charge is -2.11. The van der Waals surface area contributed by atoms with Gasteiger partial charge in [0.15, 0.2) is 0 Å². The highest BCUT2D eigenvalue weighted by Crippen LogP contribution is 2.21. The second-order valence-corrected chi connectivity index (χ2v) is 9.93. The van der Waals surface area contributed by atoms with E-state index in [0.717, 1.165) is 24.3 Å². The summed E-state index contributed by atoms with van der Waals surface area (Å²) in [6.45, 7) is 0. The monoisotopic (exact) mass is 476 g/mol. The third-order valence-electron chi connectivity index (χ3n) is 4.27. The number of carboxylic acid groups (broad SMARTS) is 1. The summed E-state index contributed by atoms with van der Waals surface area (Å²) in [6.07, 6.45) is 0. The Labute approximate surface area is 184 Å². The Morgan fingerprint density at radius 3 is 1.72 bits per heavy atom. The Morgan fingerprint density at radius 1 is 0.719 bits per heavy atom. The maximum atomic E-state index is 12.6. The largest absolute Gasteiger partial charge is 0.488 e. The van der Waals surface area contributed by atoms with E-state index in [1.165, 1.54) is 48.5 Å². The van der Waals surface area contributed by atoms with Crippen LogP contribution >= 0.6 is 0 Å². The molecule has 0 amide bonds. The molecular weight excluding hydrogens is 459 g/mol. The summed E-state index contributed by atoms with van der Waals surface area (Å²) in [5.41, 5.74) is 0.248. The second-order valence-electron chi connectivity index (χ2n) is 6.56. The van der Waals surface area contributed by atoms with E-state index in [2.05, 4.69) is 9.44 Å². The standard InChI is InChI=1S/C19H17BN2O8S2/c23-19(24)13-4-8-17(9-5-13)31(27,28)21-15-6-10-18(11-7-15)32(29,30)22-16-3-1-2-14(12-16)20(25)26/h1-12,21-22,25-26H,(H,23,24). The maximum Gasteiger partial charge on any atom is 0.488 e. The molecule has 0 saturated heterocycles. The Hall–Kier alpha value is -3.39. The van der Waals surface area contributed by atoms with E-state index in [-0.39, 0.29) is 32.2 Å². The Bertz CT molecular complexity index is 1340. The molecule has 0 heterocycles. The minimum Gasteiger partial charge on any atom is -0.478 e. The number of sulfonamides is 2. The SMILES string of the molecule is O=C(O)c1ccc(S(=O)(=O)Nc2ccc(S(=O)(=O)Nc3cccc(B(O)O)c3)cc2)cc1. The highest BCUT2D eigenvalue weighted by molar-refractivity contribution is 7.93. The number of rotatable bonds is 8.